The number of benzene rings is 2. The molecule has 0 saturated heterocycles. The van der Waals surface area contributed by atoms with Crippen LogP contribution in [0, 0.1) is 17.1 Å². The van der Waals surface area contributed by atoms with Crippen molar-refractivity contribution in [2.75, 3.05) is 5.73 Å². The largest absolute Gasteiger partial charge is 0.457 e. The number of carbonyl (C=O) groups is 1. The molecule has 0 amide bonds. The fraction of sp³-hybridized carbons (Fsp3) is 0.0667. The summed E-state index contributed by atoms with van der Waals surface area (Å²) >= 11 is 0. The Morgan fingerprint density at radius 1 is 1.25 bits per heavy atom. The van der Waals surface area contributed by atoms with Gasteiger partial charge in [0, 0.05) is 11.3 Å². The topological polar surface area (TPSA) is 76.1 Å². The lowest BCUT2D eigenvalue weighted by Gasteiger charge is -2.06. The number of hydrogen-bond acceptors (Lipinski definition) is 4. The van der Waals surface area contributed by atoms with Gasteiger partial charge in [-0.1, -0.05) is 6.07 Å². The van der Waals surface area contributed by atoms with E-state index in [-0.39, 0.29) is 17.7 Å². The number of nitrogens with two attached hydrogens (primary N) is 1. The normalized spacial score (nSPS) is 9.80. The van der Waals surface area contributed by atoms with Gasteiger partial charge in [0.05, 0.1) is 17.2 Å². The standard InChI is InChI=1S/C15H11FN2O2/c16-14-7-10(8-17)1-2-12(14)9-20-15(19)11-3-5-13(18)6-4-11/h1-7H,9,18H2. The molecule has 4 nitrogen and oxygen atoms in total. The molecule has 20 heavy (non-hydrogen) atoms. The van der Waals surface area contributed by atoms with E-state index in [0.717, 1.165) is 6.07 Å². The lowest BCUT2D eigenvalue weighted by Crippen LogP contribution is -2.06. The van der Waals surface area contributed by atoms with Crippen LogP contribution in [0.3, 0.4) is 0 Å². The van der Waals surface area contributed by atoms with Gasteiger partial charge in [0.1, 0.15) is 12.4 Å². The van der Waals surface area contributed by atoms with Crippen molar-refractivity contribution in [1.29, 1.82) is 5.26 Å². The van der Waals surface area contributed by atoms with E-state index in [1.54, 1.807) is 12.1 Å². The molecule has 0 aliphatic carbocycles. The van der Waals surface area contributed by atoms with Crippen molar-refractivity contribution in [2.45, 2.75) is 6.61 Å². The second-order valence-corrected chi connectivity index (χ2v) is 4.12. The van der Waals surface area contributed by atoms with E-state index in [2.05, 4.69) is 0 Å². The first kappa shape index (κ1) is 13.6. The molecule has 0 saturated carbocycles. The van der Waals surface area contributed by atoms with E-state index in [9.17, 15) is 9.18 Å². The van der Waals surface area contributed by atoms with Crippen LogP contribution in [0.15, 0.2) is 42.5 Å². The van der Waals surface area contributed by atoms with Crippen LogP contribution in [0.4, 0.5) is 10.1 Å². The number of esters is 1. The van der Waals surface area contributed by atoms with Crippen LogP contribution < -0.4 is 5.73 Å². The van der Waals surface area contributed by atoms with Gasteiger partial charge in [0.2, 0.25) is 0 Å². The first-order chi connectivity index (χ1) is 9.60. The maximum Gasteiger partial charge on any atom is 0.338 e. The molecular weight excluding hydrogens is 259 g/mol. The number of hydrogen-bond donors (Lipinski definition) is 1. The Kier molecular flexibility index (Phi) is 3.96. The van der Waals surface area contributed by atoms with Gasteiger partial charge in [-0.3, -0.25) is 0 Å². The number of ether oxygens (including phenoxy) is 1. The van der Waals surface area contributed by atoms with Gasteiger partial charge in [-0.15, -0.1) is 0 Å². The Morgan fingerprint density at radius 3 is 2.55 bits per heavy atom. The highest BCUT2D eigenvalue weighted by Gasteiger charge is 2.09. The van der Waals surface area contributed by atoms with Crippen LogP contribution in [0.1, 0.15) is 21.5 Å². The lowest BCUT2D eigenvalue weighted by molar-refractivity contribution is 0.0469. The van der Waals surface area contributed by atoms with Crippen LogP contribution >= 0.6 is 0 Å². The van der Waals surface area contributed by atoms with Gasteiger partial charge in [0.15, 0.2) is 0 Å². The Balaban J connectivity index is 2.04. The molecule has 5 heteroatoms. The molecular formula is C15H11FN2O2. The molecule has 0 aliphatic rings. The van der Waals surface area contributed by atoms with Crippen molar-refractivity contribution < 1.29 is 13.9 Å². The smallest absolute Gasteiger partial charge is 0.338 e. The SMILES string of the molecule is N#Cc1ccc(COC(=O)c2ccc(N)cc2)c(F)c1. The number of nitriles is 1. The minimum Gasteiger partial charge on any atom is -0.457 e. The summed E-state index contributed by atoms with van der Waals surface area (Å²) in [7, 11) is 0. The third-order valence-electron chi connectivity index (χ3n) is 2.69. The zero-order valence-electron chi connectivity index (χ0n) is 10.5. The number of nitrogen functional groups attached to an aromatic ring is 1. The summed E-state index contributed by atoms with van der Waals surface area (Å²) in [5, 5.41) is 8.63. The van der Waals surface area contributed by atoms with E-state index in [1.165, 1.54) is 24.3 Å². The fourth-order valence-corrected chi connectivity index (χ4v) is 1.58. The van der Waals surface area contributed by atoms with Crippen LogP contribution in [0.2, 0.25) is 0 Å². The average Bonchev–Trinajstić information content (AvgIpc) is 2.46. The first-order valence-electron chi connectivity index (χ1n) is 5.81. The highest BCUT2D eigenvalue weighted by atomic mass is 19.1. The van der Waals surface area contributed by atoms with E-state index in [4.69, 9.17) is 15.7 Å². The predicted octanol–water partition coefficient (Wildman–Crippen LogP) is 2.64. The predicted molar refractivity (Wildman–Crippen MR) is 71.1 cm³/mol. The number of anilines is 1. The third-order valence-corrected chi connectivity index (χ3v) is 2.69. The van der Waals surface area contributed by atoms with Gasteiger partial charge in [0.25, 0.3) is 0 Å². The molecule has 0 fully saturated rings. The molecule has 0 radical (unpaired) electrons. The fourth-order valence-electron chi connectivity index (χ4n) is 1.58. The Bertz CT molecular complexity index is 675. The summed E-state index contributed by atoms with van der Waals surface area (Å²) in [5.41, 5.74) is 6.83. The number of carbonyl (C=O) groups excluding carboxylic acids is 1. The summed E-state index contributed by atoms with van der Waals surface area (Å²) in [6.07, 6.45) is 0. The third kappa shape index (κ3) is 3.12. The number of halogens is 1. The maximum atomic E-state index is 13.6. The summed E-state index contributed by atoms with van der Waals surface area (Å²) < 4.78 is 18.6. The summed E-state index contributed by atoms with van der Waals surface area (Å²) in [5.74, 6) is -1.14. The minimum atomic E-state index is -0.575. The molecule has 2 rings (SSSR count). The molecule has 2 aromatic rings. The quantitative estimate of drug-likeness (QED) is 0.687. The van der Waals surface area contributed by atoms with Crippen molar-refractivity contribution in [3.8, 4) is 6.07 Å². The van der Waals surface area contributed by atoms with E-state index < -0.39 is 11.8 Å². The van der Waals surface area contributed by atoms with Crippen molar-refractivity contribution in [1.82, 2.24) is 0 Å². The van der Waals surface area contributed by atoms with Gasteiger partial charge >= 0.3 is 5.97 Å². The van der Waals surface area contributed by atoms with Crippen LogP contribution in [0.25, 0.3) is 0 Å². The number of nitrogens with zero attached hydrogens (tertiary/aromatic N) is 1. The zero-order chi connectivity index (χ0) is 14.5. The molecule has 2 aromatic carbocycles. The average molecular weight is 270 g/mol. The first-order valence-corrected chi connectivity index (χ1v) is 5.81. The molecule has 0 aliphatic heterocycles. The van der Waals surface area contributed by atoms with Crippen molar-refractivity contribution in [2.24, 2.45) is 0 Å². The van der Waals surface area contributed by atoms with Crippen molar-refractivity contribution in [3.63, 3.8) is 0 Å². The molecule has 0 atom stereocenters. The molecule has 0 unspecified atom stereocenters. The molecule has 100 valence electrons. The Morgan fingerprint density at radius 2 is 1.95 bits per heavy atom. The van der Waals surface area contributed by atoms with Gasteiger partial charge in [-0.2, -0.15) is 5.26 Å². The summed E-state index contributed by atoms with van der Waals surface area (Å²) in [4.78, 5) is 11.7. The maximum absolute atomic E-state index is 13.6. The molecule has 0 aromatic heterocycles. The van der Waals surface area contributed by atoms with Crippen molar-refractivity contribution in [3.05, 3.63) is 65.0 Å². The molecule has 2 N–H and O–H groups in total. The van der Waals surface area contributed by atoms with Crippen molar-refractivity contribution >= 4 is 11.7 Å². The molecule has 0 heterocycles. The lowest BCUT2D eigenvalue weighted by atomic mass is 10.1. The highest BCUT2D eigenvalue weighted by Crippen LogP contribution is 2.13. The number of rotatable bonds is 3. The van der Waals surface area contributed by atoms with Gasteiger partial charge < -0.3 is 10.5 Å². The van der Waals surface area contributed by atoms with Crippen LogP contribution in [-0.2, 0) is 11.3 Å². The second-order valence-electron chi connectivity index (χ2n) is 4.12. The summed E-state index contributed by atoms with van der Waals surface area (Å²) in [6, 6.07) is 12.1. The minimum absolute atomic E-state index is 0.194. The van der Waals surface area contributed by atoms with E-state index >= 15 is 0 Å². The van der Waals surface area contributed by atoms with Gasteiger partial charge in [-0.05, 0) is 36.4 Å². The highest BCUT2D eigenvalue weighted by molar-refractivity contribution is 5.89. The Hall–Kier alpha value is -2.87. The molecule has 0 bridgehead atoms. The summed E-state index contributed by atoms with van der Waals surface area (Å²) in [6.45, 7) is -0.194. The zero-order valence-corrected chi connectivity index (χ0v) is 10.5. The monoisotopic (exact) mass is 270 g/mol. The molecule has 0 spiro atoms. The Labute approximate surface area is 115 Å². The van der Waals surface area contributed by atoms with E-state index in [0.29, 0.717) is 11.3 Å². The van der Waals surface area contributed by atoms with Gasteiger partial charge in [-0.25, -0.2) is 9.18 Å². The second kappa shape index (κ2) is 5.85. The van der Waals surface area contributed by atoms with Crippen LogP contribution in [-0.4, -0.2) is 5.97 Å². The van der Waals surface area contributed by atoms with E-state index in [1.807, 2.05) is 6.07 Å². The van der Waals surface area contributed by atoms with Crippen LogP contribution in [0.5, 0.6) is 0 Å².